The molecule has 0 N–H and O–H groups in total. The van der Waals surface area contributed by atoms with Crippen molar-refractivity contribution in [3.8, 4) is 34.3 Å². The molecule has 0 saturated carbocycles. The van der Waals surface area contributed by atoms with Gasteiger partial charge >= 0.3 is 0 Å². The van der Waals surface area contributed by atoms with Crippen molar-refractivity contribution >= 4 is 11.6 Å². The molecule has 36 heavy (non-hydrogen) atoms. The van der Waals surface area contributed by atoms with Crippen molar-refractivity contribution in [2.45, 2.75) is 6.92 Å². The molecule has 0 bridgehead atoms. The maximum Gasteiger partial charge on any atom is 0.260 e. The van der Waals surface area contributed by atoms with Gasteiger partial charge in [0.25, 0.3) is 11.8 Å². The predicted molar refractivity (Wildman–Crippen MR) is 137 cm³/mol. The van der Waals surface area contributed by atoms with Gasteiger partial charge < -0.3 is 23.8 Å². The van der Waals surface area contributed by atoms with Crippen LogP contribution < -0.4 is 14.4 Å². The standard InChI is InChI=1S/C28H28N4O4/c1-20-10-12-21(13-11-20)27-29-28(36-30-27)22-6-5-7-23(18-22)35-19-26(33)32-16-14-31(15-17-32)24-8-3-4-9-25(24)34-2/h3-13,18H,14-17,19H2,1-2H3. The molecule has 1 aliphatic rings. The summed E-state index contributed by atoms with van der Waals surface area (Å²) in [7, 11) is 1.67. The zero-order valence-corrected chi connectivity index (χ0v) is 20.4. The van der Waals surface area contributed by atoms with Gasteiger partial charge in [0.2, 0.25) is 5.82 Å². The molecule has 0 unspecified atom stereocenters. The molecule has 0 aliphatic carbocycles. The number of ether oxygens (including phenoxy) is 2. The van der Waals surface area contributed by atoms with Crippen LogP contribution in [0.25, 0.3) is 22.8 Å². The second-order valence-corrected chi connectivity index (χ2v) is 8.65. The number of hydrogen-bond donors (Lipinski definition) is 0. The number of benzene rings is 3. The van der Waals surface area contributed by atoms with E-state index in [1.165, 1.54) is 5.56 Å². The number of carbonyl (C=O) groups excluding carboxylic acids is 1. The molecule has 8 heteroatoms. The van der Waals surface area contributed by atoms with Crippen molar-refractivity contribution in [3.63, 3.8) is 0 Å². The number of para-hydroxylation sites is 2. The highest BCUT2D eigenvalue weighted by molar-refractivity contribution is 5.78. The Balaban J connectivity index is 1.17. The van der Waals surface area contributed by atoms with Crippen LogP contribution in [0.5, 0.6) is 11.5 Å². The first-order chi connectivity index (χ1) is 17.6. The molecule has 4 aromatic rings. The molecule has 3 aromatic carbocycles. The molecule has 0 atom stereocenters. The molecule has 1 aromatic heterocycles. The van der Waals surface area contributed by atoms with E-state index in [1.807, 2.05) is 78.6 Å². The van der Waals surface area contributed by atoms with Gasteiger partial charge in [0.1, 0.15) is 11.5 Å². The third-order valence-corrected chi connectivity index (χ3v) is 6.24. The number of piperazine rings is 1. The van der Waals surface area contributed by atoms with Gasteiger partial charge in [-0.3, -0.25) is 4.79 Å². The van der Waals surface area contributed by atoms with E-state index in [-0.39, 0.29) is 12.5 Å². The van der Waals surface area contributed by atoms with Crippen LogP contribution >= 0.6 is 0 Å². The summed E-state index contributed by atoms with van der Waals surface area (Å²) in [6.45, 7) is 4.73. The first kappa shape index (κ1) is 23.4. The number of rotatable bonds is 7. The van der Waals surface area contributed by atoms with Gasteiger partial charge in [-0.25, -0.2) is 0 Å². The lowest BCUT2D eigenvalue weighted by molar-refractivity contribution is -0.133. The Bertz CT molecular complexity index is 1330. The van der Waals surface area contributed by atoms with E-state index in [1.54, 1.807) is 13.2 Å². The lowest BCUT2D eigenvalue weighted by atomic mass is 10.1. The second-order valence-electron chi connectivity index (χ2n) is 8.65. The number of carbonyl (C=O) groups is 1. The van der Waals surface area contributed by atoms with Crippen LogP contribution in [0, 0.1) is 6.92 Å². The van der Waals surface area contributed by atoms with Gasteiger partial charge in [-0.05, 0) is 37.3 Å². The highest BCUT2D eigenvalue weighted by Crippen LogP contribution is 2.29. The molecule has 1 fully saturated rings. The number of nitrogens with zero attached hydrogens (tertiary/aromatic N) is 4. The van der Waals surface area contributed by atoms with E-state index in [0.29, 0.717) is 30.6 Å². The molecule has 0 radical (unpaired) electrons. The van der Waals surface area contributed by atoms with Crippen LogP contribution in [0.1, 0.15) is 5.56 Å². The minimum absolute atomic E-state index is 0.0312. The summed E-state index contributed by atoms with van der Waals surface area (Å²) in [5, 5.41) is 4.10. The van der Waals surface area contributed by atoms with Gasteiger partial charge in [-0.15, -0.1) is 0 Å². The fraction of sp³-hybridized carbons (Fsp3) is 0.250. The third-order valence-electron chi connectivity index (χ3n) is 6.24. The van der Waals surface area contributed by atoms with Crippen LogP contribution in [-0.4, -0.2) is 60.8 Å². The number of aromatic nitrogens is 2. The van der Waals surface area contributed by atoms with Crippen molar-refractivity contribution in [1.29, 1.82) is 0 Å². The summed E-state index contributed by atoms with van der Waals surface area (Å²) >= 11 is 0. The summed E-state index contributed by atoms with van der Waals surface area (Å²) in [4.78, 5) is 21.4. The largest absolute Gasteiger partial charge is 0.495 e. The zero-order valence-electron chi connectivity index (χ0n) is 20.4. The number of hydrogen-bond acceptors (Lipinski definition) is 7. The Hall–Kier alpha value is -4.33. The number of aryl methyl sites for hydroxylation is 1. The number of amides is 1. The number of anilines is 1. The van der Waals surface area contributed by atoms with Crippen molar-refractivity contribution in [2.75, 3.05) is 44.8 Å². The average Bonchev–Trinajstić information content (AvgIpc) is 3.43. The first-order valence-corrected chi connectivity index (χ1v) is 11.9. The van der Waals surface area contributed by atoms with Crippen molar-refractivity contribution in [2.24, 2.45) is 0 Å². The summed E-state index contributed by atoms with van der Waals surface area (Å²) in [5.41, 5.74) is 3.84. The number of methoxy groups -OCH3 is 1. The predicted octanol–water partition coefficient (Wildman–Crippen LogP) is 4.45. The Morgan fingerprint density at radius 1 is 0.944 bits per heavy atom. The summed E-state index contributed by atoms with van der Waals surface area (Å²) in [6, 6.07) is 23.2. The minimum atomic E-state index is -0.0421. The summed E-state index contributed by atoms with van der Waals surface area (Å²) in [5.74, 6) is 2.30. The van der Waals surface area contributed by atoms with E-state index in [0.717, 1.165) is 35.7 Å². The van der Waals surface area contributed by atoms with Crippen LogP contribution in [0.3, 0.4) is 0 Å². The Morgan fingerprint density at radius 2 is 1.72 bits per heavy atom. The Labute approximate surface area is 210 Å². The van der Waals surface area contributed by atoms with Crippen molar-refractivity contribution < 1.29 is 18.8 Å². The monoisotopic (exact) mass is 484 g/mol. The lowest BCUT2D eigenvalue weighted by Gasteiger charge is -2.36. The van der Waals surface area contributed by atoms with Gasteiger partial charge in [0.15, 0.2) is 6.61 Å². The van der Waals surface area contributed by atoms with E-state index in [9.17, 15) is 4.79 Å². The average molecular weight is 485 g/mol. The highest BCUT2D eigenvalue weighted by Gasteiger charge is 2.23. The van der Waals surface area contributed by atoms with Gasteiger partial charge in [0, 0.05) is 37.3 Å². The van der Waals surface area contributed by atoms with Crippen LogP contribution in [-0.2, 0) is 4.79 Å². The van der Waals surface area contributed by atoms with Crippen LogP contribution in [0.4, 0.5) is 5.69 Å². The summed E-state index contributed by atoms with van der Waals surface area (Å²) < 4.78 is 16.8. The van der Waals surface area contributed by atoms with E-state index in [4.69, 9.17) is 14.0 Å². The van der Waals surface area contributed by atoms with E-state index in [2.05, 4.69) is 15.0 Å². The summed E-state index contributed by atoms with van der Waals surface area (Å²) in [6.07, 6.45) is 0. The van der Waals surface area contributed by atoms with E-state index >= 15 is 0 Å². The fourth-order valence-corrected chi connectivity index (χ4v) is 4.20. The normalized spacial score (nSPS) is 13.5. The zero-order chi connectivity index (χ0) is 24.9. The minimum Gasteiger partial charge on any atom is -0.495 e. The smallest absolute Gasteiger partial charge is 0.260 e. The molecule has 8 nitrogen and oxygen atoms in total. The maximum atomic E-state index is 12.8. The second kappa shape index (κ2) is 10.5. The molecule has 184 valence electrons. The molecular formula is C28H28N4O4. The topological polar surface area (TPSA) is 80.9 Å². The van der Waals surface area contributed by atoms with Crippen molar-refractivity contribution in [1.82, 2.24) is 15.0 Å². The quantitative estimate of drug-likeness (QED) is 0.383. The SMILES string of the molecule is COc1ccccc1N1CCN(C(=O)COc2cccc(-c3nc(-c4ccc(C)cc4)no3)c2)CC1. The first-order valence-electron chi connectivity index (χ1n) is 11.9. The van der Waals surface area contributed by atoms with Gasteiger partial charge in [-0.2, -0.15) is 4.98 Å². The molecule has 1 amide bonds. The fourth-order valence-electron chi connectivity index (χ4n) is 4.20. The lowest BCUT2D eigenvalue weighted by Crippen LogP contribution is -2.50. The Kier molecular flexibility index (Phi) is 6.84. The van der Waals surface area contributed by atoms with Gasteiger partial charge in [-0.1, -0.05) is 53.2 Å². The highest BCUT2D eigenvalue weighted by atomic mass is 16.5. The third kappa shape index (κ3) is 5.17. The van der Waals surface area contributed by atoms with Crippen LogP contribution in [0.2, 0.25) is 0 Å². The molecule has 1 aliphatic heterocycles. The molecule has 2 heterocycles. The molecular weight excluding hydrogens is 456 g/mol. The van der Waals surface area contributed by atoms with Gasteiger partial charge in [0.05, 0.1) is 12.8 Å². The molecule has 1 saturated heterocycles. The Morgan fingerprint density at radius 3 is 2.50 bits per heavy atom. The van der Waals surface area contributed by atoms with E-state index < -0.39 is 0 Å². The van der Waals surface area contributed by atoms with Crippen LogP contribution in [0.15, 0.2) is 77.3 Å². The maximum absolute atomic E-state index is 12.8. The molecule has 0 spiro atoms. The van der Waals surface area contributed by atoms with Crippen molar-refractivity contribution in [3.05, 3.63) is 78.4 Å². The molecule has 5 rings (SSSR count).